The van der Waals surface area contributed by atoms with Crippen molar-refractivity contribution in [2.24, 2.45) is 5.73 Å². The minimum atomic E-state index is -0.347. The first-order chi connectivity index (χ1) is 11.0. The number of carbonyl (C=O) groups excluding carboxylic acids is 2. The molecule has 0 saturated carbocycles. The number of amides is 2. The first-order valence-corrected chi connectivity index (χ1v) is 8.55. The number of rotatable bonds is 2. The first-order valence-electron chi connectivity index (χ1n) is 7.47. The van der Waals surface area contributed by atoms with Crippen LogP contribution in [0.5, 0.6) is 0 Å². The van der Waals surface area contributed by atoms with Crippen LogP contribution in [0.25, 0.3) is 0 Å². The van der Waals surface area contributed by atoms with Gasteiger partial charge in [-0.1, -0.05) is 30.3 Å². The molecule has 4 nitrogen and oxygen atoms in total. The van der Waals surface area contributed by atoms with Gasteiger partial charge in [-0.05, 0) is 59.7 Å². The minimum absolute atomic E-state index is 0.0436. The average molecular weight is 420 g/mol. The summed E-state index contributed by atoms with van der Waals surface area (Å²) in [5.74, 6) is -0.733. The lowest BCUT2D eigenvalue weighted by molar-refractivity contribution is -0.119. The fraction of sp³-hybridized carbons (Fsp3) is 0.222. The van der Waals surface area contributed by atoms with Crippen LogP contribution < -0.4 is 10.6 Å². The molecule has 0 unspecified atom stereocenters. The van der Waals surface area contributed by atoms with E-state index in [-0.39, 0.29) is 23.8 Å². The molecule has 0 aliphatic carbocycles. The Morgan fingerprint density at radius 2 is 1.78 bits per heavy atom. The lowest BCUT2D eigenvalue weighted by Crippen LogP contribution is -2.45. The van der Waals surface area contributed by atoms with Crippen LogP contribution in [0.4, 0.5) is 5.69 Å². The Hall–Kier alpha value is -1.89. The Morgan fingerprint density at radius 1 is 1.13 bits per heavy atom. The maximum atomic E-state index is 13.1. The summed E-state index contributed by atoms with van der Waals surface area (Å²) in [5, 5.41) is 0. The summed E-state index contributed by atoms with van der Waals surface area (Å²) in [6.45, 7) is 1.96. The highest BCUT2D eigenvalue weighted by molar-refractivity contribution is 14.1. The molecule has 2 aromatic rings. The topological polar surface area (TPSA) is 63.4 Å². The molecule has 2 atom stereocenters. The Bertz CT molecular complexity index is 775. The highest BCUT2D eigenvalue weighted by atomic mass is 127. The summed E-state index contributed by atoms with van der Waals surface area (Å²) in [4.78, 5) is 26.6. The van der Waals surface area contributed by atoms with E-state index >= 15 is 0 Å². The number of hydrogen-bond acceptors (Lipinski definition) is 2. The molecule has 2 amide bonds. The second kappa shape index (κ2) is 6.31. The van der Waals surface area contributed by atoms with E-state index in [4.69, 9.17) is 5.73 Å². The van der Waals surface area contributed by atoms with Gasteiger partial charge in [0.05, 0.1) is 11.5 Å². The Labute approximate surface area is 148 Å². The van der Waals surface area contributed by atoms with Crippen LogP contribution in [-0.2, 0) is 4.79 Å². The van der Waals surface area contributed by atoms with Crippen molar-refractivity contribution < 1.29 is 9.59 Å². The third-order valence-corrected chi connectivity index (χ3v) is 5.20. The molecule has 0 fully saturated rings. The molecule has 2 aromatic carbocycles. The normalized spacial score (nSPS) is 20.0. The SMILES string of the molecule is C[C@H]1C[C@H](C(N)=O)c2ccccc2N1C(=O)c1ccccc1I. The molecule has 0 bridgehead atoms. The molecule has 2 N–H and O–H groups in total. The van der Waals surface area contributed by atoms with Crippen molar-refractivity contribution in [3.63, 3.8) is 0 Å². The van der Waals surface area contributed by atoms with Crippen LogP contribution in [0, 0.1) is 3.57 Å². The van der Waals surface area contributed by atoms with Crippen LogP contribution in [0.15, 0.2) is 48.5 Å². The molecular weight excluding hydrogens is 403 g/mol. The van der Waals surface area contributed by atoms with Crippen LogP contribution in [0.1, 0.15) is 35.2 Å². The molecule has 3 rings (SSSR count). The number of nitrogens with two attached hydrogens (primary N) is 1. The van der Waals surface area contributed by atoms with E-state index in [1.165, 1.54) is 0 Å². The van der Waals surface area contributed by atoms with Crippen molar-refractivity contribution in [2.75, 3.05) is 4.90 Å². The van der Waals surface area contributed by atoms with E-state index < -0.39 is 0 Å². The number of halogens is 1. The van der Waals surface area contributed by atoms with Gasteiger partial charge in [0, 0.05) is 15.3 Å². The van der Waals surface area contributed by atoms with Gasteiger partial charge in [-0.2, -0.15) is 0 Å². The molecule has 0 radical (unpaired) electrons. The van der Waals surface area contributed by atoms with Gasteiger partial charge in [-0.25, -0.2) is 0 Å². The number of nitrogens with zero attached hydrogens (tertiary/aromatic N) is 1. The molecule has 1 aliphatic heterocycles. The van der Waals surface area contributed by atoms with Gasteiger partial charge in [0.25, 0.3) is 5.91 Å². The molecule has 118 valence electrons. The van der Waals surface area contributed by atoms with E-state index in [1.54, 1.807) is 4.90 Å². The summed E-state index contributed by atoms with van der Waals surface area (Å²) in [6.07, 6.45) is 0.543. The average Bonchev–Trinajstić information content (AvgIpc) is 2.54. The van der Waals surface area contributed by atoms with Gasteiger partial charge < -0.3 is 10.6 Å². The van der Waals surface area contributed by atoms with Crippen molar-refractivity contribution in [3.05, 3.63) is 63.2 Å². The van der Waals surface area contributed by atoms with Gasteiger partial charge in [0.1, 0.15) is 0 Å². The maximum absolute atomic E-state index is 13.1. The second-order valence-corrected chi connectivity index (χ2v) is 6.92. The van der Waals surface area contributed by atoms with Crippen molar-refractivity contribution >= 4 is 40.1 Å². The third-order valence-electron chi connectivity index (χ3n) is 4.26. The number of hydrogen-bond donors (Lipinski definition) is 1. The smallest absolute Gasteiger partial charge is 0.259 e. The largest absolute Gasteiger partial charge is 0.369 e. The van der Waals surface area contributed by atoms with Crippen LogP contribution in [-0.4, -0.2) is 17.9 Å². The number of benzene rings is 2. The first kappa shape index (κ1) is 16.0. The zero-order valence-electron chi connectivity index (χ0n) is 12.7. The zero-order valence-corrected chi connectivity index (χ0v) is 14.9. The number of anilines is 1. The van der Waals surface area contributed by atoms with Crippen molar-refractivity contribution in [3.8, 4) is 0 Å². The summed E-state index contributed by atoms with van der Waals surface area (Å²) in [7, 11) is 0. The van der Waals surface area contributed by atoms with E-state index in [0.29, 0.717) is 12.0 Å². The summed E-state index contributed by atoms with van der Waals surface area (Å²) >= 11 is 2.17. The van der Waals surface area contributed by atoms with E-state index in [2.05, 4.69) is 22.6 Å². The van der Waals surface area contributed by atoms with Crippen LogP contribution in [0.2, 0.25) is 0 Å². The number of fused-ring (bicyclic) bond motifs is 1. The predicted octanol–water partition coefficient (Wildman–Crippen LogP) is 3.30. The fourth-order valence-electron chi connectivity index (χ4n) is 3.16. The molecule has 5 heteroatoms. The van der Waals surface area contributed by atoms with Crippen molar-refractivity contribution in [2.45, 2.75) is 25.3 Å². The van der Waals surface area contributed by atoms with Gasteiger partial charge in [0.2, 0.25) is 5.91 Å². The molecule has 1 aliphatic rings. The molecular formula is C18H17IN2O2. The Balaban J connectivity index is 2.09. The lowest BCUT2D eigenvalue weighted by Gasteiger charge is -2.38. The summed E-state index contributed by atoms with van der Waals surface area (Å²) < 4.78 is 0.914. The van der Waals surface area contributed by atoms with Crippen molar-refractivity contribution in [1.82, 2.24) is 0 Å². The second-order valence-electron chi connectivity index (χ2n) is 5.75. The lowest BCUT2D eigenvalue weighted by atomic mass is 9.85. The number of primary amides is 1. The van der Waals surface area contributed by atoms with E-state index in [9.17, 15) is 9.59 Å². The number of carbonyl (C=O) groups is 2. The molecule has 1 heterocycles. The Morgan fingerprint density at radius 3 is 2.48 bits per heavy atom. The fourth-order valence-corrected chi connectivity index (χ4v) is 3.77. The monoisotopic (exact) mass is 420 g/mol. The quantitative estimate of drug-likeness (QED) is 0.758. The molecule has 0 spiro atoms. The highest BCUT2D eigenvalue weighted by Crippen LogP contribution is 2.39. The number of para-hydroxylation sites is 1. The van der Waals surface area contributed by atoms with Crippen LogP contribution >= 0.6 is 22.6 Å². The molecule has 23 heavy (non-hydrogen) atoms. The standard InChI is InChI=1S/C18H17IN2O2/c1-11-10-14(17(20)22)12-6-3-5-9-16(12)21(11)18(23)13-7-2-4-8-15(13)19/h2-9,11,14H,10H2,1H3,(H2,20,22)/t11-,14-/m0/s1. The van der Waals surface area contributed by atoms with Gasteiger partial charge >= 0.3 is 0 Å². The molecule has 0 saturated heterocycles. The minimum Gasteiger partial charge on any atom is -0.369 e. The third kappa shape index (κ3) is 2.85. The summed E-state index contributed by atoms with van der Waals surface area (Å²) in [6, 6.07) is 15.0. The van der Waals surface area contributed by atoms with Gasteiger partial charge in [0.15, 0.2) is 0 Å². The predicted molar refractivity (Wildman–Crippen MR) is 98.4 cm³/mol. The maximum Gasteiger partial charge on any atom is 0.259 e. The highest BCUT2D eigenvalue weighted by Gasteiger charge is 2.36. The van der Waals surface area contributed by atoms with Gasteiger partial charge in [-0.15, -0.1) is 0 Å². The van der Waals surface area contributed by atoms with Crippen LogP contribution in [0.3, 0.4) is 0 Å². The van der Waals surface area contributed by atoms with Gasteiger partial charge in [-0.3, -0.25) is 9.59 Å². The van der Waals surface area contributed by atoms with Crippen molar-refractivity contribution in [1.29, 1.82) is 0 Å². The summed E-state index contributed by atoms with van der Waals surface area (Å²) in [5.41, 5.74) is 7.84. The zero-order chi connectivity index (χ0) is 16.6. The van der Waals surface area contributed by atoms with E-state index in [0.717, 1.165) is 14.8 Å². The van der Waals surface area contributed by atoms with E-state index in [1.807, 2.05) is 55.5 Å². The Kier molecular flexibility index (Phi) is 4.39. The molecule has 0 aromatic heterocycles.